The highest BCUT2D eigenvalue weighted by Gasteiger charge is 2.32. The predicted molar refractivity (Wildman–Crippen MR) is 93.4 cm³/mol. The van der Waals surface area contributed by atoms with Gasteiger partial charge < -0.3 is 19.9 Å². The zero-order valence-corrected chi connectivity index (χ0v) is 14.5. The lowest BCUT2D eigenvalue weighted by Gasteiger charge is -2.33. The molecule has 1 fully saturated rings. The fourth-order valence-electron chi connectivity index (χ4n) is 2.85. The van der Waals surface area contributed by atoms with Crippen LogP contribution in [0.25, 0.3) is 0 Å². The number of anilines is 2. The molecular formula is C18H25N3O3. The Morgan fingerprint density at radius 3 is 2.79 bits per heavy atom. The van der Waals surface area contributed by atoms with E-state index < -0.39 is 6.10 Å². The third kappa shape index (κ3) is 3.70. The fraction of sp³-hybridized carbons (Fsp3) is 0.556. The Labute approximate surface area is 142 Å². The number of benzene rings is 1. The minimum absolute atomic E-state index is 0.0353. The van der Waals surface area contributed by atoms with Crippen molar-refractivity contribution < 1.29 is 14.3 Å². The number of nitrogens with zero attached hydrogens (tertiary/aromatic N) is 2. The lowest BCUT2D eigenvalue weighted by Crippen LogP contribution is -2.45. The first kappa shape index (κ1) is 16.8. The molecular weight excluding hydrogens is 306 g/mol. The van der Waals surface area contributed by atoms with Crippen LogP contribution in [0.15, 0.2) is 18.2 Å². The lowest BCUT2D eigenvalue weighted by molar-refractivity contribution is -0.125. The summed E-state index contributed by atoms with van der Waals surface area (Å²) in [4.78, 5) is 28.4. The van der Waals surface area contributed by atoms with Gasteiger partial charge in [0, 0.05) is 18.2 Å². The summed E-state index contributed by atoms with van der Waals surface area (Å²) in [7, 11) is 4.03. The molecule has 1 aliphatic heterocycles. The molecule has 2 amide bonds. The number of hydrogen-bond donors (Lipinski definition) is 1. The molecule has 0 aromatic heterocycles. The van der Waals surface area contributed by atoms with E-state index in [-0.39, 0.29) is 17.7 Å². The Balaban J connectivity index is 1.79. The maximum absolute atomic E-state index is 12.5. The lowest BCUT2D eigenvalue weighted by atomic mass is 10.1. The molecule has 2 aliphatic rings. The molecule has 1 aliphatic carbocycles. The van der Waals surface area contributed by atoms with Crippen molar-refractivity contribution in [3.05, 3.63) is 18.2 Å². The first-order valence-corrected chi connectivity index (χ1v) is 8.53. The number of carbonyl (C=O) groups is 2. The third-order valence-electron chi connectivity index (χ3n) is 4.37. The normalized spacial score (nSPS) is 19.9. The molecule has 1 aromatic carbocycles. The van der Waals surface area contributed by atoms with Gasteiger partial charge in [0.25, 0.3) is 5.91 Å². The molecule has 3 rings (SSSR count). The van der Waals surface area contributed by atoms with Gasteiger partial charge in [-0.05, 0) is 65.0 Å². The van der Waals surface area contributed by atoms with Gasteiger partial charge in [0.2, 0.25) is 5.91 Å². The summed E-state index contributed by atoms with van der Waals surface area (Å²) in [5.41, 5.74) is 1.46. The Kier molecular flexibility index (Phi) is 4.76. The first-order chi connectivity index (χ1) is 11.5. The molecule has 0 bridgehead atoms. The van der Waals surface area contributed by atoms with Crippen LogP contribution in [0.5, 0.6) is 5.75 Å². The van der Waals surface area contributed by atoms with Crippen LogP contribution in [0.2, 0.25) is 0 Å². The number of amides is 2. The molecule has 1 N–H and O–H groups in total. The van der Waals surface area contributed by atoms with Crippen molar-refractivity contribution in [1.82, 2.24) is 4.90 Å². The summed E-state index contributed by atoms with van der Waals surface area (Å²) in [6.07, 6.45) is 2.33. The van der Waals surface area contributed by atoms with E-state index in [0.29, 0.717) is 18.0 Å². The molecule has 0 radical (unpaired) electrons. The van der Waals surface area contributed by atoms with Gasteiger partial charge in [-0.1, -0.05) is 0 Å². The largest absolute Gasteiger partial charge is 0.479 e. The molecule has 130 valence electrons. The number of carbonyl (C=O) groups excluding carboxylic acids is 2. The van der Waals surface area contributed by atoms with Crippen LogP contribution in [-0.4, -0.2) is 50.0 Å². The fourth-order valence-corrected chi connectivity index (χ4v) is 2.85. The van der Waals surface area contributed by atoms with Crippen LogP contribution in [0.3, 0.4) is 0 Å². The Morgan fingerprint density at radius 1 is 1.38 bits per heavy atom. The van der Waals surface area contributed by atoms with Gasteiger partial charge >= 0.3 is 0 Å². The SMILES string of the molecule is CC1Oc2ccc(NC(=O)C3CC3)cc2N(CCCN(C)C)C1=O. The molecule has 0 saturated heterocycles. The van der Waals surface area contributed by atoms with Crippen molar-refractivity contribution in [2.24, 2.45) is 5.92 Å². The molecule has 1 saturated carbocycles. The minimum Gasteiger partial charge on any atom is -0.479 e. The van der Waals surface area contributed by atoms with E-state index in [1.807, 2.05) is 32.3 Å². The van der Waals surface area contributed by atoms with E-state index >= 15 is 0 Å². The van der Waals surface area contributed by atoms with Crippen molar-refractivity contribution in [3.63, 3.8) is 0 Å². The number of rotatable bonds is 6. The summed E-state index contributed by atoms with van der Waals surface area (Å²) >= 11 is 0. The van der Waals surface area contributed by atoms with E-state index in [0.717, 1.165) is 31.5 Å². The zero-order valence-electron chi connectivity index (χ0n) is 14.5. The van der Waals surface area contributed by atoms with Crippen LogP contribution < -0.4 is 15.0 Å². The van der Waals surface area contributed by atoms with Crippen molar-refractivity contribution in [3.8, 4) is 5.75 Å². The van der Waals surface area contributed by atoms with Crippen LogP contribution in [0.4, 0.5) is 11.4 Å². The maximum atomic E-state index is 12.5. The molecule has 24 heavy (non-hydrogen) atoms. The molecule has 1 heterocycles. The first-order valence-electron chi connectivity index (χ1n) is 8.53. The maximum Gasteiger partial charge on any atom is 0.267 e. The standard InChI is InChI=1S/C18H25N3O3/c1-12-18(23)21(10-4-9-20(2)3)15-11-14(7-8-16(15)24-12)19-17(22)13-5-6-13/h7-8,11-13H,4-6,9-10H2,1-3H3,(H,19,22). The van der Waals surface area contributed by atoms with Crippen molar-refractivity contribution in [1.29, 1.82) is 0 Å². The monoisotopic (exact) mass is 331 g/mol. The molecule has 0 spiro atoms. The van der Waals surface area contributed by atoms with Crippen molar-refractivity contribution in [2.45, 2.75) is 32.3 Å². The zero-order chi connectivity index (χ0) is 17.3. The van der Waals surface area contributed by atoms with Gasteiger partial charge in [0.05, 0.1) is 5.69 Å². The van der Waals surface area contributed by atoms with E-state index in [9.17, 15) is 9.59 Å². The Hall–Kier alpha value is -2.08. The van der Waals surface area contributed by atoms with E-state index in [1.165, 1.54) is 0 Å². The van der Waals surface area contributed by atoms with Crippen LogP contribution in [0.1, 0.15) is 26.2 Å². The van der Waals surface area contributed by atoms with Gasteiger partial charge in [-0.3, -0.25) is 9.59 Å². The van der Waals surface area contributed by atoms with Crippen molar-refractivity contribution in [2.75, 3.05) is 37.4 Å². The van der Waals surface area contributed by atoms with Crippen LogP contribution >= 0.6 is 0 Å². The third-order valence-corrected chi connectivity index (χ3v) is 4.37. The van der Waals surface area contributed by atoms with Gasteiger partial charge in [-0.15, -0.1) is 0 Å². The van der Waals surface area contributed by atoms with Gasteiger partial charge in [-0.2, -0.15) is 0 Å². The number of ether oxygens (including phenoxy) is 1. The van der Waals surface area contributed by atoms with Gasteiger partial charge in [0.1, 0.15) is 5.75 Å². The Bertz CT molecular complexity index is 640. The highest BCUT2D eigenvalue weighted by atomic mass is 16.5. The van der Waals surface area contributed by atoms with Gasteiger partial charge in [0.15, 0.2) is 6.10 Å². The summed E-state index contributed by atoms with van der Waals surface area (Å²) in [5.74, 6) is 0.865. The summed E-state index contributed by atoms with van der Waals surface area (Å²) < 4.78 is 5.71. The highest BCUT2D eigenvalue weighted by Crippen LogP contribution is 2.37. The van der Waals surface area contributed by atoms with Crippen LogP contribution in [0, 0.1) is 5.92 Å². The number of nitrogens with one attached hydrogen (secondary N) is 1. The second-order valence-electron chi connectivity index (χ2n) is 6.85. The molecule has 1 aromatic rings. The second-order valence-corrected chi connectivity index (χ2v) is 6.85. The van der Waals surface area contributed by atoms with E-state index in [2.05, 4.69) is 10.2 Å². The summed E-state index contributed by atoms with van der Waals surface area (Å²) in [6, 6.07) is 5.51. The molecule has 6 heteroatoms. The average Bonchev–Trinajstić information content (AvgIpc) is 3.36. The quantitative estimate of drug-likeness (QED) is 0.867. The van der Waals surface area contributed by atoms with E-state index in [4.69, 9.17) is 4.74 Å². The van der Waals surface area contributed by atoms with Crippen LogP contribution in [-0.2, 0) is 9.59 Å². The highest BCUT2D eigenvalue weighted by molar-refractivity contribution is 6.01. The van der Waals surface area contributed by atoms with E-state index in [1.54, 1.807) is 11.8 Å². The van der Waals surface area contributed by atoms with Crippen molar-refractivity contribution >= 4 is 23.2 Å². The average molecular weight is 331 g/mol. The number of hydrogen-bond acceptors (Lipinski definition) is 4. The Morgan fingerprint density at radius 2 is 2.12 bits per heavy atom. The minimum atomic E-state index is -0.483. The number of fused-ring (bicyclic) bond motifs is 1. The predicted octanol–water partition coefficient (Wildman–Crippen LogP) is 2.10. The molecule has 1 unspecified atom stereocenters. The smallest absolute Gasteiger partial charge is 0.267 e. The summed E-state index contributed by atoms with van der Waals surface area (Å²) in [5, 5.41) is 2.93. The second kappa shape index (κ2) is 6.81. The topological polar surface area (TPSA) is 61.9 Å². The van der Waals surface area contributed by atoms with Gasteiger partial charge in [-0.25, -0.2) is 0 Å². The molecule has 6 nitrogen and oxygen atoms in total. The molecule has 1 atom stereocenters. The summed E-state index contributed by atoms with van der Waals surface area (Å²) in [6.45, 7) is 3.32.